The molecule has 3 heterocycles. The normalized spacial score (nSPS) is 22.5. The summed E-state index contributed by atoms with van der Waals surface area (Å²) >= 11 is 0. The monoisotopic (exact) mass is 371 g/mol. The highest BCUT2D eigenvalue weighted by Gasteiger charge is 2.38. The van der Waals surface area contributed by atoms with E-state index in [-0.39, 0.29) is 30.3 Å². The van der Waals surface area contributed by atoms with Crippen LogP contribution >= 0.6 is 0 Å². The SMILES string of the molecule is COC1CCN(C(=O)C2CCCN(c3ncccc3C(F)(F)F)C2)CC1. The van der Waals surface area contributed by atoms with Gasteiger partial charge in [0.1, 0.15) is 5.82 Å². The predicted molar refractivity (Wildman–Crippen MR) is 90.8 cm³/mol. The third-order valence-corrected chi connectivity index (χ3v) is 5.25. The van der Waals surface area contributed by atoms with Gasteiger partial charge in [0.2, 0.25) is 5.91 Å². The van der Waals surface area contributed by atoms with Gasteiger partial charge < -0.3 is 14.5 Å². The zero-order valence-electron chi connectivity index (χ0n) is 14.8. The minimum absolute atomic E-state index is 0.0359. The van der Waals surface area contributed by atoms with Gasteiger partial charge in [-0.3, -0.25) is 4.79 Å². The number of likely N-dealkylation sites (tertiary alicyclic amines) is 1. The van der Waals surface area contributed by atoms with Crippen molar-refractivity contribution < 1.29 is 22.7 Å². The Bertz CT molecular complexity index is 630. The lowest BCUT2D eigenvalue weighted by atomic mass is 9.95. The van der Waals surface area contributed by atoms with Gasteiger partial charge in [0, 0.05) is 39.5 Å². The summed E-state index contributed by atoms with van der Waals surface area (Å²) in [6.07, 6.45) is 0.0827. The number of methoxy groups -OCH3 is 1. The molecule has 1 aromatic rings. The number of pyridine rings is 1. The number of carbonyl (C=O) groups excluding carboxylic acids is 1. The van der Waals surface area contributed by atoms with E-state index >= 15 is 0 Å². The molecule has 0 bridgehead atoms. The van der Waals surface area contributed by atoms with E-state index in [1.807, 2.05) is 4.90 Å². The van der Waals surface area contributed by atoms with E-state index < -0.39 is 11.7 Å². The highest BCUT2D eigenvalue weighted by atomic mass is 19.4. The van der Waals surface area contributed by atoms with Gasteiger partial charge in [-0.15, -0.1) is 0 Å². The molecule has 8 heteroatoms. The van der Waals surface area contributed by atoms with Crippen molar-refractivity contribution in [1.82, 2.24) is 9.88 Å². The number of amides is 1. The maximum atomic E-state index is 13.3. The average molecular weight is 371 g/mol. The summed E-state index contributed by atoms with van der Waals surface area (Å²) in [7, 11) is 1.67. The molecule has 1 amide bonds. The number of ether oxygens (including phenoxy) is 1. The van der Waals surface area contributed by atoms with Gasteiger partial charge in [-0.25, -0.2) is 4.98 Å². The van der Waals surface area contributed by atoms with E-state index in [1.165, 1.54) is 12.3 Å². The number of aromatic nitrogens is 1. The zero-order chi connectivity index (χ0) is 18.7. The Labute approximate surface area is 151 Å². The molecule has 3 rings (SSSR count). The van der Waals surface area contributed by atoms with E-state index in [2.05, 4.69) is 4.98 Å². The predicted octanol–water partition coefficient (Wildman–Crippen LogP) is 2.95. The first-order chi connectivity index (χ1) is 12.4. The van der Waals surface area contributed by atoms with Crippen LogP contribution in [0.4, 0.5) is 19.0 Å². The topological polar surface area (TPSA) is 45.7 Å². The number of hydrogen-bond donors (Lipinski definition) is 0. The van der Waals surface area contributed by atoms with Crippen molar-refractivity contribution in [3.8, 4) is 0 Å². The lowest BCUT2D eigenvalue weighted by molar-refractivity contribution is -0.138. The van der Waals surface area contributed by atoms with Crippen LogP contribution in [0.15, 0.2) is 18.3 Å². The smallest absolute Gasteiger partial charge is 0.381 e. The van der Waals surface area contributed by atoms with Crippen LogP contribution in [-0.2, 0) is 15.7 Å². The Morgan fingerprint density at radius 3 is 2.62 bits per heavy atom. The summed E-state index contributed by atoms with van der Waals surface area (Å²) in [5, 5.41) is 0. The maximum absolute atomic E-state index is 13.3. The molecule has 2 fully saturated rings. The number of hydrogen-bond acceptors (Lipinski definition) is 4. The zero-order valence-corrected chi connectivity index (χ0v) is 14.8. The molecule has 0 saturated carbocycles. The minimum Gasteiger partial charge on any atom is -0.381 e. The van der Waals surface area contributed by atoms with Crippen LogP contribution in [0.3, 0.4) is 0 Å². The fourth-order valence-electron chi connectivity index (χ4n) is 3.81. The summed E-state index contributed by atoms with van der Waals surface area (Å²) in [4.78, 5) is 20.2. The van der Waals surface area contributed by atoms with Crippen LogP contribution in [0.2, 0.25) is 0 Å². The number of anilines is 1. The molecule has 0 aromatic carbocycles. The van der Waals surface area contributed by atoms with Gasteiger partial charge in [-0.05, 0) is 37.8 Å². The fraction of sp³-hybridized carbons (Fsp3) is 0.667. The number of carbonyl (C=O) groups is 1. The van der Waals surface area contributed by atoms with Gasteiger partial charge in [-0.1, -0.05) is 0 Å². The van der Waals surface area contributed by atoms with Crippen molar-refractivity contribution in [2.45, 2.75) is 38.0 Å². The molecular formula is C18H24F3N3O2. The first-order valence-corrected chi connectivity index (χ1v) is 8.99. The van der Waals surface area contributed by atoms with E-state index in [1.54, 1.807) is 12.0 Å². The molecule has 0 spiro atoms. The molecule has 0 radical (unpaired) electrons. The minimum atomic E-state index is -4.46. The van der Waals surface area contributed by atoms with Crippen molar-refractivity contribution in [2.24, 2.45) is 5.92 Å². The van der Waals surface area contributed by atoms with E-state index in [4.69, 9.17) is 4.74 Å². The average Bonchev–Trinajstić information content (AvgIpc) is 2.67. The number of alkyl halides is 3. The van der Waals surface area contributed by atoms with E-state index in [0.29, 0.717) is 32.5 Å². The van der Waals surface area contributed by atoms with Gasteiger partial charge in [0.05, 0.1) is 17.6 Å². The third kappa shape index (κ3) is 4.11. The molecular weight excluding hydrogens is 347 g/mol. The molecule has 1 atom stereocenters. The van der Waals surface area contributed by atoms with Gasteiger partial charge in [0.25, 0.3) is 0 Å². The molecule has 2 saturated heterocycles. The number of rotatable bonds is 3. The number of nitrogens with zero attached hydrogens (tertiary/aromatic N) is 3. The third-order valence-electron chi connectivity index (χ3n) is 5.25. The van der Waals surface area contributed by atoms with Crippen LogP contribution in [0.1, 0.15) is 31.2 Å². The van der Waals surface area contributed by atoms with Crippen molar-refractivity contribution in [1.29, 1.82) is 0 Å². The molecule has 144 valence electrons. The van der Waals surface area contributed by atoms with E-state index in [9.17, 15) is 18.0 Å². The first-order valence-electron chi connectivity index (χ1n) is 8.99. The summed E-state index contributed by atoms with van der Waals surface area (Å²) in [6.45, 7) is 2.05. The van der Waals surface area contributed by atoms with Crippen molar-refractivity contribution in [2.75, 3.05) is 38.2 Å². The highest BCUT2D eigenvalue weighted by Crippen LogP contribution is 2.36. The summed E-state index contributed by atoms with van der Waals surface area (Å²) in [5.74, 6) is -0.324. The quantitative estimate of drug-likeness (QED) is 0.820. The lowest BCUT2D eigenvalue weighted by Crippen LogP contribution is -2.48. The highest BCUT2D eigenvalue weighted by molar-refractivity contribution is 5.80. The molecule has 2 aliphatic heterocycles. The molecule has 1 unspecified atom stereocenters. The van der Waals surface area contributed by atoms with Crippen LogP contribution in [0, 0.1) is 5.92 Å². The lowest BCUT2D eigenvalue weighted by Gasteiger charge is -2.38. The van der Waals surface area contributed by atoms with Gasteiger partial charge >= 0.3 is 6.18 Å². The van der Waals surface area contributed by atoms with Crippen LogP contribution in [-0.4, -0.2) is 55.2 Å². The van der Waals surface area contributed by atoms with Gasteiger partial charge in [-0.2, -0.15) is 13.2 Å². The molecule has 1 aromatic heterocycles. The second-order valence-electron chi connectivity index (χ2n) is 6.92. The summed E-state index contributed by atoms with van der Waals surface area (Å²) < 4.78 is 45.1. The van der Waals surface area contributed by atoms with E-state index in [0.717, 1.165) is 18.9 Å². The number of piperidine rings is 2. The van der Waals surface area contributed by atoms with Crippen molar-refractivity contribution >= 4 is 11.7 Å². The van der Waals surface area contributed by atoms with Crippen molar-refractivity contribution in [3.63, 3.8) is 0 Å². The molecule has 5 nitrogen and oxygen atoms in total. The molecule has 0 aliphatic carbocycles. The number of halogens is 3. The summed E-state index contributed by atoms with van der Waals surface area (Å²) in [6, 6.07) is 2.34. The molecule has 0 N–H and O–H groups in total. The fourth-order valence-corrected chi connectivity index (χ4v) is 3.81. The Kier molecular flexibility index (Phi) is 5.70. The Morgan fingerprint density at radius 1 is 1.23 bits per heavy atom. The van der Waals surface area contributed by atoms with Crippen LogP contribution in [0.5, 0.6) is 0 Å². The Morgan fingerprint density at radius 2 is 1.96 bits per heavy atom. The first kappa shape index (κ1) is 18.9. The van der Waals surface area contributed by atoms with Crippen molar-refractivity contribution in [3.05, 3.63) is 23.9 Å². The molecule has 26 heavy (non-hydrogen) atoms. The second-order valence-corrected chi connectivity index (χ2v) is 6.92. The molecule has 2 aliphatic rings. The summed E-state index contributed by atoms with van der Waals surface area (Å²) in [5.41, 5.74) is -0.742. The van der Waals surface area contributed by atoms with Crippen LogP contribution in [0.25, 0.3) is 0 Å². The largest absolute Gasteiger partial charge is 0.419 e. The van der Waals surface area contributed by atoms with Gasteiger partial charge in [0.15, 0.2) is 0 Å². The second kappa shape index (κ2) is 7.82. The van der Waals surface area contributed by atoms with Crippen LogP contribution < -0.4 is 4.90 Å². The Hall–Kier alpha value is -1.83. The maximum Gasteiger partial charge on any atom is 0.419 e. The standard InChI is InChI=1S/C18H24F3N3O2/c1-26-14-6-10-23(11-7-14)17(25)13-4-3-9-24(12-13)16-15(18(19,20)21)5-2-8-22-16/h2,5,8,13-14H,3-4,6-7,9-12H2,1H3. The Balaban J connectivity index is 1.69.